The lowest BCUT2D eigenvalue weighted by molar-refractivity contribution is 0.0692. The molecule has 0 aliphatic carbocycles. The number of nitrogens with one attached hydrogen (secondary N) is 1. The van der Waals surface area contributed by atoms with Crippen molar-refractivity contribution in [2.24, 2.45) is 0 Å². The number of carboxylic acids is 1. The van der Waals surface area contributed by atoms with Crippen LogP contribution in [0.15, 0.2) is 34.2 Å². The van der Waals surface area contributed by atoms with Gasteiger partial charge in [-0.1, -0.05) is 17.8 Å². The van der Waals surface area contributed by atoms with Gasteiger partial charge in [0.25, 0.3) is 5.56 Å². The van der Waals surface area contributed by atoms with Crippen LogP contribution in [0.5, 0.6) is 0 Å². The number of benzene rings is 1. The molecule has 0 aliphatic rings. The Morgan fingerprint density at radius 3 is 2.80 bits per heavy atom. The van der Waals surface area contributed by atoms with Crippen molar-refractivity contribution in [3.8, 4) is 0 Å². The molecule has 1 aromatic carbocycles. The van der Waals surface area contributed by atoms with Gasteiger partial charge in [-0.05, 0) is 24.6 Å². The van der Waals surface area contributed by atoms with Gasteiger partial charge in [-0.3, -0.25) is 4.79 Å². The summed E-state index contributed by atoms with van der Waals surface area (Å²) < 4.78 is 13.5. The van der Waals surface area contributed by atoms with Crippen LogP contribution >= 0.6 is 11.8 Å². The van der Waals surface area contributed by atoms with Gasteiger partial charge in [-0.25, -0.2) is 14.2 Å². The number of aromatic carboxylic acids is 1. The highest BCUT2D eigenvalue weighted by atomic mass is 32.2. The van der Waals surface area contributed by atoms with Crippen molar-refractivity contribution in [3.05, 3.63) is 57.3 Å². The second-order valence-electron chi connectivity index (χ2n) is 4.10. The summed E-state index contributed by atoms with van der Waals surface area (Å²) in [4.78, 5) is 28.7. The molecule has 0 bridgehead atoms. The van der Waals surface area contributed by atoms with Crippen LogP contribution in [0.25, 0.3) is 0 Å². The molecule has 0 radical (unpaired) electrons. The predicted octanol–water partition coefficient (Wildman–Crippen LogP) is 2.21. The average Bonchev–Trinajstić information content (AvgIpc) is 2.35. The lowest BCUT2D eigenvalue weighted by Crippen LogP contribution is -2.08. The first-order chi connectivity index (χ1) is 9.45. The summed E-state index contributed by atoms with van der Waals surface area (Å²) in [5.41, 5.74) is 0.610. The van der Waals surface area contributed by atoms with Crippen LogP contribution in [-0.2, 0) is 5.75 Å². The molecule has 1 heterocycles. The summed E-state index contributed by atoms with van der Waals surface area (Å²) >= 11 is 1.24. The van der Waals surface area contributed by atoms with Crippen molar-refractivity contribution < 1.29 is 14.3 Å². The van der Waals surface area contributed by atoms with Gasteiger partial charge in [0, 0.05) is 17.5 Å². The van der Waals surface area contributed by atoms with Gasteiger partial charge in [0.05, 0.1) is 5.56 Å². The molecular formula is C13H11FN2O3S. The zero-order valence-corrected chi connectivity index (χ0v) is 11.3. The third-order valence-electron chi connectivity index (χ3n) is 2.49. The van der Waals surface area contributed by atoms with Crippen LogP contribution in [0.2, 0.25) is 0 Å². The highest BCUT2D eigenvalue weighted by Gasteiger charge is 2.10. The SMILES string of the molecule is Cc1cc(=O)[nH]c(SCc2ccc(C(=O)O)c(F)c2)n1. The number of aromatic amines is 1. The normalized spacial score (nSPS) is 10.5. The van der Waals surface area contributed by atoms with Crippen LogP contribution in [0, 0.1) is 12.7 Å². The Balaban J connectivity index is 2.13. The highest BCUT2D eigenvalue weighted by Crippen LogP contribution is 2.20. The standard InChI is InChI=1S/C13H11FN2O3S/c1-7-4-11(17)16-13(15-7)20-6-8-2-3-9(12(18)19)10(14)5-8/h2-5H,6H2,1H3,(H,18,19)(H,15,16,17). The highest BCUT2D eigenvalue weighted by molar-refractivity contribution is 7.98. The van der Waals surface area contributed by atoms with E-state index in [-0.39, 0.29) is 11.1 Å². The fraction of sp³-hybridized carbons (Fsp3) is 0.154. The Bertz CT molecular complexity index is 715. The number of aromatic nitrogens is 2. The quantitative estimate of drug-likeness (QED) is 0.667. The first-order valence-corrected chi connectivity index (χ1v) is 6.67. The van der Waals surface area contributed by atoms with E-state index in [1.807, 2.05) is 0 Å². The third kappa shape index (κ3) is 3.45. The number of H-pyrrole nitrogens is 1. The first-order valence-electron chi connectivity index (χ1n) is 5.68. The van der Waals surface area contributed by atoms with E-state index < -0.39 is 11.8 Å². The Labute approximate surface area is 117 Å². The van der Waals surface area contributed by atoms with Crippen LogP contribution < -0.4 is 5.56 Å². The Morgan fingerprint density at radius 1 is 1.45 bits per heavy atom. The van der Waals surface area contributed by atoms with Crippen LogP contribution in [-0.4, -0.2) is 21.0 Å². The van der Waals surface area contributed by atoms with E-state index in [9.17, 15) is 14.0 Å². The lowest BCUT2D eigenvalue weighted by atomic mass is 10.1. The Kier molecular flexibility index (Phi) is 4.19. The molecule has 0 saturated carbocycles. The summed E-state index contributed by atoms with van der Waals surface area (Å²) in [7, 11) is 0. The number of aryl methyl sites for hydroxylation is 1. The molecule has 104 valence electrons. The van der Waals surface area contributed by atoms with E-state index in [0.29, 0.717) is 22.2 Å². The minimum Gasteiger partial charge on any atom is -0.478 e. The second kappa shape index (κ2) is 5.87. The monoisotopic (exact) mass is 294 g/mol. The van der Waals surface area contributed by atoms with Crippen LogP contribution in [0.1, 0.15) is 21.6 Å². The first kappa shape index (κ1) is 14.3. The molecule has 0 saturated heterocycles. The number of hydrogen-bond donors (Lipinski definition) is 2. The predicted molar refractivity (Wildman–Crippen MR) is 72.5 cm³/mol. The Hall–Kier alpha value is -2.15. The fourth-order valence-corrected chi connectivity index (χ4v) is 2.46. The molecule has 2 aromatic rings. The number of carboxylic acid groups (broad SMARTS) is 1. The summed E-state index contributed by atoms with van der Waals surface area (Å²) in [5, 5.41) is 9.17. The van der Waals surface area contributed by atoms with Crippen molar-refractivity contribution in [3.63, 3.8) is 0 Å². The van der Waals surface area contributed by atoms with E-state index in [1.54, 1.807) is 6.92 Å². The van der Waals surface area contributed by atoms with E-state index in [1.165, 1.54) is 36.0 Å². The average molecular weight is 294 g/mol. The molecule has 0 atom stereocenters. The van der Waals surface area contributed by atoms with E-state index in [0.717, 1.165) is 0 Å². The molecule has 1 aromatic heterocycles. The topological polar surface area (TPSA) is 83.0 Å². The van der Waals surface area contributed by atoms with Gasteiger partial charge in [-0.15, -0.1) is 0 Å². The van der Waals surface area contributed by atoms with Gasteiger partial charge < -0.3 is 10.1 Å². The van der Waals surface area contributed by atoms with Gasteiger partial charge in [0.2, 0.25) is 0 Å². The molecule has 0 aliphatic heterocycles. The number of halogens is 1. The molecule has 20 heavy (non-hydrogen) atoms. The molecule has 5 nitrogen and oxygen atoms in total. The van der Waals surface area contributed by atoms with Gasteiger partial charge in [-0.2, -0.15) is 0 Å². The zero-order chi connectivity index (χ0) is 14.7. The maximum Gasteiger partial charge on any atom is 0.338 e. The maximum absolute atomic E-state index is 13.5. The summed E-state index contributed by atoms with van der Waals surface area (Å²) in [6.07, 6.45) is 0. The molecule has 0 fully saturated rings. The fourth-order valence-electron chi connectivity index (χ4n) is 1.59. The summed E-state index contributed by atoms with van der Waals surface area (Å²) in [6, 6.07) is 5.31. The van der Waals surface area contributed by atoms with Crippen molar-refractivity contribution in [2.75, 3.05) is 0 Å². The molecule has 2 rings (SSSR count). The van der Waals surface area contributed by atoms with Crippen LogP contribution in [0.3, 0.4) is 0 Å². The lowest BCUT2D eigenvalue weighted by Gasteiger charge is -2.04. The molecule has 0 unspecified atom stereocenters. The maximum atomic E-state index is 13.5. The van der Waals surface area contributed by atoms with Crippen molar-refractivity contribution in [1.29, 1.82) is 0 Å². The van der Waals surface area contributed by atoms with E-state index in [4.69, 9.17) is 5.11 Å². The second-order valence-corrected chi connectivity index (χ2v) is 5.06. The number of nitrogens with zero attached hydrogens (tertiary/aromatic N) is 1. The summed E-state index contributed by atoms with van der Waals surface area (Å²) in [6.45, 7) is 1.71. The van der Waals surface area contributed by atoms with E-state index >= 15 is 0 Å². The minimum absolute atomic E-state index is 0.243. The zero-order valence-electron chi connectivity index (χ0n) is 10.5. The van der Waals surface area contributed by atoms with Gasteiger partial charge in [0.15, 0.2) is 5.16 Å². The molecule has 0 amide bonds. The van der Waals surface area contributed by atoms with Gasteiger partial charge >= 0.3 is 5.97 Å². The Morgan fingerprint density at radius 2 is 2.20 bits per heavy atom. The third-order valence-corrected chi connectivity index (χ3v) is 3.43. The largest absolute Gasteiger partial charge is 0.478 e. The number of hydrogen-bond acceptors (Lipinski definition) is 4. The van der Waals surface area contributed by atoms with Crippen molar-refractivity contribution >= 4 is 17.7 Å². The molecule has 0 spiro atoms. The number of thioether (sulfide) groups is 1. The van der Waals surface area contributed by atoms with Crippen molar-refractivity contribution in [2.45, 2.75) is 17.8 Å². The molecule has 7 heteroatoms. The number of rotatable bonds is 4. The van der Waals surface area contributed by atoms with Crippen LogP contribution in [0.4, 0.5) is 4.39 Å². The summed E-state index contributed by atoms with van der Waals surface area (Å²) in [5.74, 6) is -1.70. The molecule has 2 N–H and O–H groups in total. The van der Waals surface area contributed by atoms with E-state index in [2.05, 4.69) is 9.97 Å². The minimum atomic E-state index is -1.30. The van der Waals surface area contributed by atoms with Gasteiger partial charge in [0.1, 0.15) is 5.82 Å². The molecular weight excluding hydrogens is 283 g/mol. The number of carbonyl (C=O) groups is 1. The van der Waals surface area contributed by atoms with Crippen molar-refractivity contribution in [1.82, 2.24) is 9.97 Å². The smallest absolute Gasteiger partial charge is 0.338 e.